The SMILES string of the molecule is CC1OC(C)C(C(=O)Nc2ccc(I)cc2)C1C. The number of rotatable bonds is 2. The molecule has 1 N–H and O–H groups in total. The zero-order valence-electron chi connectivity index (χ0n) is 10.8. The summed E-state index contributed by atoms with van der Waals surface area (Å²) >= 11 is 2.24. The highest BCUT2D eigenvalue weighted by Gasteiger charge is 2.41. The van der Waals surface area contributed by atoms with Crippen molar-refractivity contribution in [3.63, 3.8) is 0 Å². The summed E-state index contributed by atoms with van der Waals surface area (Å²) in [6.45, 7) is 6.07. The molecule has 98 valence electrons. The van der Waals surface area contributed by atoms with Gasteiger partial charge in [-0.15, -0.1) is 0 Å². The Bertz CT molecular complexity index is 432. The highest BCUT2D eigenvalue weighted by Crippen LogP contribution is 2.32. The van der Waals surface area contributed by atoms with E-state index in [1.807, 2.05) is 38.1 Å². The number of carbonyl (C=O) groups is 1. The van der Waals surface area contributed by atoms with Crippen LogP contribution < -0.4 is 5.32 Å². The summed E-state index contributed by atoms with van der Waals surface area (Å²) in [5, 5.41) is 2.97. The van der Waals surface area contributed by atoms with Gasteiger partial charge in [-0.05, 0) is 66.6 Å². The van der Waals surface area contributed by atoms with Gasteiger partial charge in [-0.25, -0.2) is 0 Å². The molecule has 1 fully saturated rings. The van der Waals surface area contributed by atoms with Crippen LogP contribution >= 0.6 is 22.6 Å². The van der Waals surface area contributed by atoms with Crippen molar-refractivity contribution in [2.24, 2.45) is 11.8 Å². The predicted octanol–water partition coefficient (Wildman–Crippen LogP) is 3.29. The van der Waals surface area contributed by atoms with E-state index in [4.69, 9.17) is 4.74 Å². The smallest absolute Gasteiger partial charge is 0.230 e. The van der Waals surface area contributed by atoms with Gasteiger partial charge in [0.25, 0.3) is 0 Å². The monoisotopic (exact) mass is 359 g/mol. The van der Waals surface area contributed by atoms with Crippen LogP contribution in [-0.4, -0.2) is 18.1 Å². The molecule has 4 atom stereocenters. The Morgan fingerprint density at radius 3 is 2.28 bits per heavy atom. The molecule has 3 nitrogen and oxygen atoms in total. The number of carbonyl (C=O) groups excluding carboxylic acids is 1. The molecule has 4 heteroatoms. The fourth-order valence-electron chi connectivity index (χ4n) is 2.48. The van der Waals surface area contributed by atoms with Gasteiger partial charge in [-0.3, -0.25) is 4.79 Å². The van der Waals surface area contributed by atoms with Crippen molar-refractivity contribution in [2.75, 3.05) is 5.32 Å². The highest BCUT2D eigenvalue weighted by molar-refractivity contribution is 14.1. The summed E-state index contributed by atoms with van der Waals surface area (Å²) < 4.78 is 6.86. The summed E-state index contributed by atoms with van der Waals surface area (Å²) in [6.07, 6.45) is 0.131. The lowest BCUT2D eigenvalue weighted by atomic mass is 9.89. The van der Waals surface area contributed by atoms with Gasteiger partial charge in [-0.1, -0.05) is 6.92 Å². The average molecular weight is 359 g/mol. The van der Waals surface area contributed by atoms with Crippen molar-refractivity contribution in [2.45, 2.75) is 33.0 Å². The molecule has 0 bridgehead atoms. The van der Waals surface area contributed by atoms with Crippen LogP contribution in [0.3, 0.4) is 0 Å². The average Bonchev–Trinajstić information content (AvgIpc) is 2.56. The molecule has 1 aromatic rings. The lowest BCUT2D eigenvalue weighted by Gasteiger charge is -2.17. The number of halogens is 1. The van der Waals surface area contributed by atoms with E-state index in [1.54, 1.807) is 0 Å². The molecule has 18 heavy (non-hydrogen) atoms. The maximum atomic E-state index is 12.3. The molecule has 1 aliphatic heterocycles. The molecule has 2 rings (SSSR count). The maximum absolute atomic E-state index is 12.3. The topological polar surface area (TPSA) is 38.3 Å². The first-order valence-electron chi connectivity index (χ1n) is 6.21. The van der Waals surface area contributed by atoms with Gasteiger partial charge in [0.2, 0.25) is 5.91 Å². The normalized spacial score (nSPS) is 31.3. The Kier molecular flexibility index (Phi) is 4.27. The number of hydrogen-bond acceptors (Lipinski definition) is 2. The molecular formula is C14H18INO2. The Hall–Kier alpha value is -0.620. The minimum absolute atomic E-state index is 0.0150. The molecule has 1 saturated heterocycles. The lowest BCUT2D eigenvalue weighted by Crippen LogP contribution is -2.31. The van der Waals surface area contributed by atoms with Gasteiger partial charge in [0.1, 0.15) is 0 Å². The number of ether oxygens (including phenoxy) is 1. The van der Waals surface area contributed by atoms with Gasteiger partial charge in [-0.2, -0.15) is 0 Å². The predicted molar refractivity (Wildman–Crippen MR) is 80.5 cm³/mol. The molecule has 4 unspecified atom stereocenters. The van der Waals surface area contributed by atoms with Crippen LogP contribution in [0.5, 0.6) is 0 Å². The van der Waals surface area contributed by atoms with Crippen LogP contribution in [-0.2, 0) is 9.53 Å². The van der Waals surface area contributed by atoms with E-state index < -0.39 is 0 Å². The van der Waals surface area contributed by atoms with Gasteiger partial charge in [0.05, 0.1) is 18.1 Å². The summed E-state index contributed by atoms with van der Waals surface area (Å²) in [7, 11) is 0. The second kappa shape index (κ2) is 5.57. The van der Waals surface area contributed by atoms with Crippen molar-refractivity contribution >= 4 is 34.2 Å². The molecule has 0 saturated carbocycles. The van der Waals surface area contributed by atoms with Gasteiger partial charge in [0, 0.05) is 9.26 Å². The fourth-order valence-corrected chi connectivity index (χ4v) is 2.84. The minimum Gasteiger partial charge on any atom is -0.374 e. The minimum atomic E-state index is -0.0701. The Morgan fingerprint density at radius 1 is 1.17 bits per heavy atom. The largest absolute Gasteiger partial charge is 0.374 e. The lowest BCUT2D eigenvalue weighted by molar-refractivity contribution is -0.121. The number of nitrogens with one attached hydrogen (secondary N) is 1. The molecule has 1 aliphatic rings. The highest BCUT2D eigenvalue weighted by atomic mass is 127. The zero-order chi connectivity index (χ0) is 13.3. The van der Waals surface area contributed by atoms with Gasteiger partial charge in [0.15, 0.2) is 0 Å². The van der Waals surface area contributed by atoms with Crippen molar-refractivity contribution in [3.8, 4) is 0 Å². The van der Waals surface area contributed by atoms with Crippen LogP contribution in [0.15, 0.2) is 24.3 Å². The van der Waals surface area contributed by atoms with Crippen molar-refractivity contribution in [1.29, 1.82) is 0 Å². The molecule has 0 aromatic heterocycles. The number of anilines is 1. The van der Waals surface area contributed by atoms with Gasteiger partial charge < -0.3 is 10.1 Å². The Balaban J connectivity index is 2.06. The van der Waals surface area contributed by atoms with Crippen LogP contribution in [0.1, 0.15) is 20.8 Å². The van der Waals surface area contributed by atoms with Crippen molar-refractivity contribution in [1.82, 2.24) is 0 Å². The second-order valence-electron chi connectivity index (χ2n) is 4.93. The first kappa shape index (κ1) is 13.8. The third-order valence-corrected chi connectivity index (χ3v) is 4.38. The fraction of sp³-hybridized carbons (Fsp3) is 0.500. The molecule has 0 spiro atoms. The molecule has 1 amide bonds. The summed E-state index contributed by atoms with van der Waals surface area (Å²) in [5.41, 5.74) is 0.847. The van der Waals surface area contributed by atoms with Crippen LogP contribution in [0.2, 0.25) is 0 Å². The van der Waals surface area contributed by atoms with Gasteiger partial charge >= 0.3 is 0 Å². The zero-order valence-corrected chi connectivity index (χ0v) is 13.0. The maximum Gasteiger partial charge on any atom is 0.230 e. The van der Waals surface area contributed by atoms with E-state index >= 15 is 0 Å². The van der Waals surface area contributed by atoms with E-state index in [1.165, 1.54) is 0 Å². The van der Waals surface area contributed by atoms with Crippen LogP contribution in [0.4, 0.5) is 5.69 Å². The molecule has 1 heterocycles. The van der Waals surface area contributed by atoms with E-state index in [9.17, 15) is 4.79 Å². The summed E-state index contributed by atoms with van der Waals surface area (Å²) in [5.74, 6) is 0.240. The quantitative estimate of drug-likeness (QED) is 0.823. The third kappa shape index (κ3) is 2.85. The number of hydrogen-bond donors (Lipinski definition) is 1. The number of amides is 1. The van der Waals surface area contributed by atoms with Crippen LogP contribution in [0, 0.1) is 15.4 Å². The van der Waals surface area contributed by atoms with E-state index in [0.717, 1.165) is 9.26 Å². The van der Waals surface area contributed by atoms with Crippen LogP contribution in [0.25, 0.3) is 0 Å². The molecular weight excluding hydrogens is 341 g/mol. The third-order valence-electron chi connectivity index (χ3n) is 3.66. The first-order chi connectivity index (χ1) is 8.49. The Labute approximate surface area is 121 Å². The van der Waals surface area contributed by atoms with E-state index in [0.29, 0.717) is 0 Å². The summed E-state index contributed by atoms with van der Waals surface area (Å²) in [6, 6.07) is 7.82. The second-order valence-corrected chi connectivity index (χ2v) is 6.17. The van der Waals surface area contributed by atoms with E-state index in [-0.39, 0.29) is 30.0 Å². The van der Waals surface area contributed by atoms with E-state index in [2.05, 4.69) is 34.8 Å². The van der Waals surface area contributed by atoms with Crippen molar-refractivity contribution in [3.05, 3.63) is 27.8 Å². The Morgan fingerprint density at radius 2 is 1.78 bits per heavy atom. The molecule has 1 aromatic carbocycles. The van der Waals surface area contributed by atoms with Crippen molar-refractivity contribution < 1.29 is 9.53 Å². The number of benzene rings is 1. The molecule has 0 radical (unpaired) electrons. The molecule has 0 aliphatic carbocycles. The standard InChI is InChI=1S/C14H18INO2/c1-8-9(2)18-10(3)13(8)14(17)16-12-6-4-11(15)5-7-12/h4-10,13H,1-3H3,(H,16,17). The summed E-state index contributed by atoms with van der Waals surface area (Å²) in [4.78, 5) is 12.3. The first-order valence-corrected chi connectivity index (χ1v) is 7.29.